The van der Waals surface area contributed by atoms with Gasteiger partial charge in [-0.3, -0.25) is 19.0 Å². The Morgan fingerprint density at radius 3 is 2.75 bits per heavy atom. The summed E-state index contributed by atoms with van der Waals surface area (Å²) in [5, 5.41) is 0.676. The van der Waals surface area contributed by atoms with Crippen LogP contribution in [0.2, 0.25) is 0 Å². The first kappa shape index (κ1) is 24.6. The molecule has 1 aromatic carbocycles. The fraction of sp³-hybridized carbons (Fsp3) is 0.481. The van der Waals surface area contributed by atoms with Crippen molar-refractivity contribution < 1.29 is 14.3 Å². The number of hydrogen-bond acceptors (Lipinski definition) is 7. The van der Waals surface area contributed by atoms with Gasteiger partial charge in [-0.25, -0.2) is 4.98 Å². The highest BCUT2D eigenvalue weighted by atomic mass is 32.1. The van der Waals surface area contributed by atoms with Crippen LogP contribution in [-0.2, 0) is 24.2 Å². The fourth-order valence-electron chi connectivity index (χ4n) is 5.24. The number of rotatable bonds is 7. The number of benzene rings is 1. The molecule has 1 aliphatic heterocycles. The molecular formula is C27H32N4O4S. The van der Waals surface area contributed by atoms with Gasteiger partial charge in [0.05, 0.1) is 23.7 Å². The van der Waals surface area contributed by atoms with Crippen molar-refractivity contribution in [2.24, 2.45) is 0 Å². The Bertz CT molecular complexity index is 1410. The minimum Gasteiger partial charge on any atom is -0.482 e. The molecule has 0 N–H and O–H groups in total. The number of thiophene rings is 1. The molecule has 2 aromatic heterocycles. The molecule has 1 unspecified atom stereocenters. The number of ether oxygens (including phenoxy) is 1. The Morgan fingerprint density at radius 2 is 2.00 bits per heavy atom. The number of Topliss-reactive ketones (excluding diaryl/α,β-unsaturated/α-hetero) is 1. The number of fused-ring (bicyclic) bond motifs is 4. The molecule has 0 bridgehead atoms. The summed E-state index contributed by atoms with van der Waals surface area (Å²) >= 11 is 1.62. The molecule has 3 aromatic rings. The maximum Gasteiger partial charge on any atom is 0.265 e. The highest BCUT2D eigenvalue weighted by Crippen LogP contribution is 2.36. The fourth-order valence-corrected chi connectivity index (χ4v) is 6.51. The third-order valence-electron chi connectivity index (χ3n) is 6.95. The molecule has 0 radical (unpaired) electrons. The Hall–Kier alpha value is -3.04. The number of ketones is 1. The monoisotopic (exact) mass is 508 g/mol. The van der Waals surface area contributed by atoms with Gasteiger partial charge in [0.15, 0.2) is 12.4 Å². The van der Waals surface area contributed by atoms with Gasteiger partial charge in [-0.15, -0.1) is 11.3 Å². The Morgan fingerprint density at radius 1 is 1.22 bits per heavy atom. The first-order chi connectivity index (χ1) is 17.3. The number of carbonyl (C=O) groups excluding carboxylic acids is 2. The lowest BCUT2D eigenvalue weighted by atomic mass is 9.97. The second-order valence-corrected chi connectivity index (χ2v) is 11.0. The number of anilines is 1. The van der Waals surface area contributed by atoms with Gasteiger partial charge in [0.1, 0.15) is 16.4 Å². The Labute approximate surface area is 214 Å². The molecule has 9 heteroatoms. The topological polar surface area (TPSA) is 84.7 Å². The van der Waals surface area contributed by atoms with Gasteiger partial charge in [-0.1, -0.05) is 6.92 Å². The van der Waals surface area contributed by atoms with Gasteiger partial charge in [-0.05, 0) is 76.9 Å². The number of amides is 1. The van der Waals surface area contributed by atoms with Crippen molar-refractivity contribution in [3.05, 3.63) is 50.4 Å². The van der Waals surface area contributed by atoms with Crippen LogP contribution in [0.5, 0.6) is 5.75 Å². The Kier molecular flexibility index (Phi) is 6.70. The standard InChI is InChI=1S/C27H32N4O4S/c1-5-12-30-19-13-17(10-11-20(19)35-15-23(30)32)25(33)16(2)31-22(14-29(3)4)28-26-24(27(31)34)18-8-6-7-9-21(18)36-26/h10-11,13,16H,5-9,12,14-15H2,1-4H3. The summed E-state index contributed by atoms with van der Waals surface area (Å²) in [6.07, 6.45) is 4.86. The summed E-state index contributed by atoms with van der Waals surface area (Å²) in [4.78, 5) is 50.8. The number of aryl methyl sites for hydroxylation is 2. The first-order valence-electron chi connectivity index (χ1n) is 12.6. The van der Waals surface area contributed by atoms with Crippen LogP contribution in [0, 0.1) is 0 Å². The van der Waals surface area contributed by atoms with E-state index in [1.165, 1.54) is 4.88 Å². The average Bonchev–Trinajstić information content (AvgIpc) is 3.23. The number of nitrogens with zero attached hydrogens (tertiary/aromatic N) is 4. The molecule has 1 aliphatic carbocycles. The van der Waals surface area contributed by atoms with Crippen LogP contribution in [0.25, 0.3) is 10.2 Å². The molecule has 0 spiro atoms. The molecule has 5 rings (SSSR count). The van der Waals surface area contributed by atoms with Crippen LogP contribution >= 0.6 is 11.3 Å². The van der Waals surface area contributed by atoms with Crippen molar-refractivity contribution in [2.45, 2.75) is 58.5 Å². The lowest BCUT2D eigenvalue weighted by molar-refractivity contribution is -0.121. The van der Waals surface area contributed by atoms with E-state index in [4.69, 9.17) is 9.72 Å². The van der Waals surface area contributed by atoms with E-state index in [-0.39, 0.29) is 23.9 Å². The SMILES string of the molecule is CCCN1C(=O)COc2ccc(C(=O)C(C)n3c(CN(C)C)nc4sc5c(c4c3=O)CCCC5)cc21. The highest BCUT2D eigenvalue weighted by Gasteiger charge is 2.30. The predicted molar refractivity (Wildman–Crippen MR) is 142 cm³/mol. The van der Waals surface area contributed by atoms with Gasteiger partial charge in [0.25, 0.3) is 11.5 Å². The average molecular weight is 509 g/mol. The zero-order valence-electron chi connectivity index (χ0n) is 21.3. The van der Waals surface area contributed by atoms with Gasteiger partial charge < -0.3 is 14.5 Å². The smallest absolute Gasteiger partial charge is 0.265 e. The molecule has 1 atom stereocenters. The molecule has 8 nitrogen and oxygen atoms in total. The normalized spacial score (nSPS) is 16.1. The maximum absolute atomic E-state index is 13.9. The highest BCUT2D eigenvalue weighted by molar-refractivity contribution is 7.18. The third kappa shape index (κ3) is 4.24. The first-order valence-corrected chi connectivity index (χ1v) is 13.4. The van der Waals surface area contributed by atoms with Crippen molar-refractivity contribution in [3.63, 3.8) is 0 Å². The van der Waals surface area contributed by atoms with Crippen molar-refractivity contribution in [2.75, 3.05) is 32.1 Å². The van der Waals surface area contributed by atoms with E-state index in [0.717, 1.165) is 42.5 Å². The van der Waals surface area contributed by atoms with Gasteiger partial charge in [0, 0.05) is 17.0 Å². The molecule has 0 saturated heterocycles. The van der Waals surface area contributed by atoms with E-state index >= 15 is 0 Å². The summed E-state index contributed by atoms with van der Waals surface area (Å²) in [5.74, 6) is 0.856. The van der Waals surface area contributed by atoms with Crippen molar-refractivity contribution >= 4 is 38.9 Å². The third-order valence-corrected chi connectivity index (χ3v) is 8.14. The largest absolute Gasteiger partial charge is 0.482 e. The number of aromatic nitrogens is 2. The summed E-state index contributed by atoms with van der Waals surface area (Å²) in [6.45, 7) is 4.77. The maximum atomic E-state index is 13.9. The van der Waals surface area contributed by atoms with E-state index in [2.05, 4.69) is 0 Å². The molecule has 0 fully saturated rings. The van der Waals surface area contributed by atoms with Crippen LogP contribution in [0.15, 0.2) is 23.0 Å². The lowest BCUT2D eigenvalue weighted by Gasteiger charge is -2.29. The molecule has 1 amide bonds. The molecular weight excluding hydrogens is 476 g/mol. The summed E-state index contributed by atoms with van der Waals surface area (Å²) in [7, 11) is 3.85. The summed E-state index contributed by atoms with van der Waals surface area (Å²) < 4.78 is 7.17. The molecule has 2 aliphatic rings. The molecule has 190 valence electrons. The van der Waals surface area contributed by atoms with Crippen LogP contribution in [-0.4, -0.2) is 53.4 Å². The predicted octanol–water partition coefficient (Wildman–Crippen LogP) is 3.98. The minimum absolute atomic E-state index is 0.00334. The Balaban J connectivity index is 1.60. The van der Waals surface area contributed by atoms with Gasteiger partial charge >= 0.3 is 0 Å². The molecule has 0 saturated carbocycles. The second-order valence-electron chi connectivity index (χ2n) is 9.89. The van der Waals surface area contributed by atoms with E-state index < -0.39 is 6.04 Å². The second kappa shape index (κ2) is 9.78. The zero-order chi connectivity index (χ0) is 25.6. The van der Waals surface area contributed by atoms with Crippen molar-refractivity contribution in [1.82, 2.24) is 14.5 Å². The van der Waals surface area contributed by atoms with Crippen molar-refractivity contribution in [3.8, 4) is 5.75 Å². The molecule has 36 heavy (non-hydrogen) atoms. The van der Waals surface area contributed by atoms with Crippen LogP contribution in [0.3, 0.4) is 0 Å². The number of carbonyl (C=O) groups is 2. The summed E-state index contributed by atoms with van der Waals surface area (Å²) in [5.41, 5.74) is 2.02. The van der Waals surface area contributed by atoms with Crippen LogP contribution in [0.4, 0.5) is 5.69 Å². The van der Waals surface area contributed by atoms with Gasteiger partial charge in [-0.2, -0.15) is 0 Å². The van der Waals surface area contributed by atoms with E-state index in [0.29, 0.717) is 41.3 Å². The number of hydrogen-bond donors (Lipinski definition) is 0. The minimum atomic E-state index is -0.749. The van der Waals surface area contributed by atoms with Gasteiger partial charge in [0.2, 0.25) is 0 Å². The lowest BCUT2D eigenvalue weighted by Crippen LogP contribution is -2.39. The van der Waals surface area contributed by atoms with E-state index in [9.17, 15) is 14.4 Å². The molecule has 3 heterocycles. The quantitative estimate of drug-likeness (QED) is 0.449. The van der Waals surface area contributed by atoms with Crippen LogP contribution < -0.4 is 15.2 Å². The van der Waals surface area contributed by atoms with E-state index in [1.54, 1.807) is 45.9 Å². The summed E-state index contributed by atoms with van der Waals surface area (Å²) in [6, 6.07) is 4.43. The van der Waals surface area contributed by atoms with Crippen LogP contribution in [0.1, 0.15) is 65.8 Å². The zero-order valence-corrected chi connectivity index (χ0v) is 22.1. The van der Waals surface area contributed by atoms with Crippen molar-refractivity contribution in [1.29, 1.82) is 0 Å². The van der Waals surface area contributed by atoms with E-state index in [1.807, 2.05) is 25.9 Å².